The molecular weight excluding hydrogens is 398 g/mol. The Labute approximate surface area is 191 Å². The average Bonchev–Trinajstić information content (AvgIpc) is 3.18. The number of aromatic nitrogens is 3. The highest BCUT2D eigenvalue weighted by Gasteiger charge is 2.22. The van der Waals surface area contributed by atoms with Gasteiger partial charge in [0, 0.05) is 37.4 Å². The van der Waals surface area contributed by atoms with Crippen LogP contribution in [0.3, 0.4) is 0 Å². The number of carbonyl (C=O) groups excluding carboxylic acids is 1. The van der Waals surface area contributed by atoms with Gasteiger partial charge in [-0.15, -0.1) is 0 Å². The molecule has 170 valence electrons. The van der Waals surface area contributed by atoms with Gasteiger partial charge in [0.2, 0.25) is 0 Å². The molecule has 0 bridgehead atoms. The number of hydrogen-bond acceptors (Lipinski definition) is 4. The Hall–Kier alpha value is -2.73. The number of amides is 1. The van der Waals surface area contributed by atoms with Crippen LogP contribution in [-0.4, -0.2) is 51.6 Å². The third-order valence-corrected chi connectivity index (χ3v) is 6.56. The third-order valence-electron chi connectivity index (χ3n) is 6.56. The lowest BCUT2D eigenvalue weighted by Gasteiger charge is -2.34. The van der Waals surface area contributed by atoms with Crippen LogP contribution in [0.1, 0.15) is 59.6 Å². The maximum atomic E-state index is 12.9. The molecule has 1 amide bonds. The molecule has 0 radical (unpaired) electrons. The van der Waals surface area contributed by atoms with Crippen molar-refractivity contribution in [2.24, 2.45) is 11.8 Å². The number of carbonyl (C=O) groups is 1. The Kier molecular flexibility index (Phi) is 6.89. The number of hydrogen-bond donors (Lipinski definition) is 1. The van der Waals surface area contributed by atoms with Crippen molar-refractivity contribution in [2.75, 3.05) is 26.2 Å². The lowest BCUT2D eigenvalue weighted by Crippen LogP contribution is -2.40. The van der Waals surface area contributed by atoms with E-state index >= 15 is 0 Å². The van der Waals surface area contributed by atoms with Crippen LogP contribution in [0.2, 0.25) is 0 Å². The van der Waals surface area contributed by atoms with Crippen molar-refractivity contribution in [3.05, 3.63) is 64.6 Å². The summed E-state index contributed by atoms with van der Waals surface area (Å²) in [5, 5.41) is 7.56. The Morgan fingerprint density at radius 1 is 1.12 bits per heavy atom. The molecule has 1 saturated heterocycles. The maximum absolute atomic E-state index is 12.9. The summed E-state index contributed by atoms with van der Waals surface area (Å²) in [6.45, 7) is 12.8. The fourth-order valence-corrected chi connectivity index (χ4v) is 5.10. The summed E-state index contributed by atoms with van der Waals surface area (Å²) in [6, 6.07) is 10.4. The number of fused-ring (bicyclic) bond motifs is 1. The molecule has 1 aliphatic heterocycles. The van der Waals surface area contributed by atoms with Crippen LogP contribution in [0, 0.1) is 25.7 Å². The highest BCUT2D eigenvalue weighted by molar-refractivity contribution is 5.99. The van der Waals surface area contributed by atoms with Crippen molar-refractivity contribution in [2.45, 2.75) is 47.0 Å². The first-order valence-electron chi connectivity index (χ1n) is 11.8. The van der Waals surface area contributed by atoms with Crippen LogP contribution in [0.4, 0.5) is 0 Å². The van der Waals surface area contributed by atoms with Gasteiger partial charge < -0.3 is 10.2 Å². The molecule has 0 aliphatic carbocycles. The molecule has 2 atom stereocenters. The molecule has 1 N–H and O–H groups in total. The molecule has 32 heavy (non-hydrogen) atoms. The van der Waals surface area contributed by atoms with Crippen LogP contribution >= 0.6 is 0 Å². The normalized spacial score (nSPS) is 19.4. The number of nitrogens with one attached hydrogen (secondary N) is 1. The third kappa shape index (κ3) is 5.01. The van der Waals surface area contributed by atoms with E-state index in [1.165, 1.54) is 25.1 Å². The van der Waals surface area contributed by atoms with Gasteiger partial charge in [0.05, 0.1) is 6.20 Å². The van der Waals surface area contributed by atoms with E-state index in [-0.39, 0.29) is 5.91 Å². The Morgan fingerprint density at radius 3 is 2.56 bits per heavy atom. The summed E-state index contributed by atoms with van der Waals surface area (Å²) in [5.74, 6) is 1.43. The Balaban J connectivity index is 1.40. The van der Waals surface area contributed by atoms with Crippen LogP contribution in [-0.2, 0) is 6.42 Å². The maximum Gasteiger partial charge on any atom is 0.256 e. The number of benzene rings is 1. The number of aryl methyl sites for hydroxylation is 2. The lowest BCUT2D eigenvalue weighted by atomic mass is 9.92. The summed E-state index contributed by atoms with van der Waals surface area (Å²) < 4.78 is 1.80. The van der Waals surface area contributed by atoms with Crippen LogP contribution in [0.25, 0.3) is 5.65 Å². The Morgan fingerprint density at radius 2 is 1.84 bits per heavy atom. The summed E-state index contributed by atoms with van der Waals surface area (Å²) in [6.07, 6.45) is 4.72. The zero-order valence-electron chi connectivity index (χ0n) is 19.8. The van der Waals surface area contributed by atoms with E-state index in [9.17, 15) is 4.79 Å². The van der Waals surface area contributed by atoms with Crippen molar-refractivity contribution in [1.82, 2.24) is 24.8 Å². The van der Waals surface area contributed by atoms with Crippen molar-refractivity contribution >= 4 is 11.6 Å². The second-order valence-corrected chi connectivity index (χ2v) is 9.53. The fourth-order valence-electron chi connectivity index (χ4n) is 5.10. The van der Waals surface area contributed by atoms with Gasteiger partial charge in [-0.25, -0.2) is 9.50 Å². The summed E-state index contributed by atoms with van der Waals surface area (Å²) in [5.41, 5.74) is 5.55. The molecule has 0 saturated carbocycles. The highest BCUT2D eigenvalue weighted by atomic mass is 16.1. The van der Waals surface area contributed by atoms with E-state index in [1.54, 1.807) is 10.7 Å². The number of piperidine rings is 1. The monoisotopic (exact) mass is 433 g/mol. The molecule has 0 spiro atoms. The molecule has 1 aromatic carbocycles. The molecule has 2 aromatic heterocycles. The summed E-state index contributed by atoms with van der Waals surface area (Å²) >= 11 is 0. The van der Waals surface area contributed by atoms with Gasteiger partial charge in [-0.05, 0) is 56.2 Å². The summed E-state index contributed by atoms with van der Waals surface area (Å²) in [4.78, 5) is 20.1. The second kappa shape index (κ2) is 9.82. The molecule has 3 heterocycles. The van der Waals surface area contributed by atoms with E-state index in [2.05, 4.69) is 60.4 Å². The van der Waals surface area contributed by atoms with Gasteiger partial charge in [-0.1, -0.05) is 44.2 Å². The smallest absolute Gasteiger partial charge is 0.256 e. The van der Waals surface area contributed by atoms with E-state index in [0.29, 0.717) is 17.8 Å². The first kappa shape index (κ1) is 22.5. The number of nitrogens with zero attached hydrogens (tertiary/aromatic N) is 4. The number of rotatable bonds is 7. The van der Waals surface area contributed by atoms with Gasteiger partial charge >= 0.3 is 0 Å². The first-order valence-corrected chi connectivity index (χ1v) is 11.8. The number of likely N-dealkylation sites (tertiary alicyclic amines) is 1. The van der Waals surface area contributed by atoms with Crippen LogP contribution < -0.4 is 5.32 Å². The van der Waals surface area contributed by atoms with Crippen molar-refractivity contribution in [3.8, 4) is 0 Å². The van der Waals surface area contributed by atoms with Crippen molar-refractivity contribution in [3.63, 3.8) is 0 Å². The second-order valence-electron chi connectivity index (χ2n) is 9.53. The van der Waals surface area contributed by atoms with E-state index in [0.717, 1.165) is 48.2 Å². The molecular formula is C26H35N5O. The summed E-state index contributed by atoms with van der Waals surface area (Å²) in [7, 11) is 0. The molecule has 6 nitrogen and oxygen atoms in total. The quantitative estimate of drug-likeness (QED) is 0.572. The van der Waals surface area contributed by atoms with Gasteiger partial charge in [-0.2, -0.15) is 5.10 Å². The van der Waals surface area contributed by atoms with Crippen LogP contribution in [0.5, 0.6) is 0 Å². The molecule has 1 fully saturated rings. The lowest BCUT2D eigenvalue weighted by molar-refractivity contribution is 0.0948. The van der Waals surface area contributed by atoms with Gasteiger partial charge in [-0.3, -0.25) is 4.79 Å². The minimum Gasteiger partial charge on any atom is -0.352 e. The van der Waals surface area contributed by atoms with E-state index in [4.69, 9.17) is 4.98 Å². The van der Waals surface area contributed by atoms with Gasteiger partial charge in [0.15, 0.2) is 5.65 Å². The molecule has 2 unspecified atom stereocenters. The van der Waals surface area contributed by atoms with Gasteiger partial charge in [0.1, 0.15) is 5.56 Å². The minimum absolute atomic E-state index is 0.0949. The van der Waals surface area contributed by atoms with Crippen molar-refractivity contribution in [1.29, 1.82) is 0 Å². The molecule has 3 aromatic rings. The molecule has 1 aliphatic rings. The molecule has 6 heteroatoms. The van der Waals surface area contributed by atoms with E-state index in [1.807, 2.05) is 13.0 Å². The largest absolute Gasteiger partial charge is 0.352 e. The standard InChI is InChI=1S/C26H35N5O/c1-18-13-19(2)17-30(16-18)12-8-11-27-26(32)24-15-28-31-21(4)23(20(3)29-25(24)31)14-22-9-6-5-7-10-22/h5-7,9-10,15,18-19H,8,11-14,16-17H2,1-4H3,(H,27,32). The zero-order valence-corrected chi connectivity index (χ0v) is 19.8. The predicted octanol–water partition coefficient (Wildman–Crippen LogP) is 4.03. The molecule has 4 rings (SSSR count). The van der Waals surface area contributed by atoms with Crippen LogP contribution in [0.15, 0.2) is 36.5 Å². The topological polar surface area (TPSA) is 62.5 Å². The predicted molar refractivity (Wildman–Crippen MR) is 128 cm³/mol. The minimum atomic E-state index is -0.0949. The SMILES string of the molecule is Cc1nc2c(C(=O)NCCCN3CC(C)CC(C)C3)cnn2c(C)c1Cc1ccccc1. The fraction of sp³-hybridized carbons (Fsp3) is 0.500. The zero-order chi connectivity index (χ0) is 22.7. The van der Waals surface area contributed by atoms with Gasteiger partial charge in [0.25, 0.3) is 5.91 Å². The average molecular weight is 434 g/mol. The van der Waals surface area contributed by atoms with Crippen molar-refractivity contribution < 1.29 is 4.79 Å². The highest BCUT2D eigenvalue weighted by Crippen LogP contribution is 2.21. The first-order chi connectivity index (χ1) is 15.4. The van der Waals surface area contributed by atoms with E-state index < -0.39 is 0 Å². The Bertz CT molecular complexity index is 1060.